The van der Waals surface area contributed by atoms with E-state index in [1.165, 1.54) is 5.56 Å². The number of hydrazone groups is 1. The lowest BCUT2D eigenvalue weighted by Crippen LogP contribution is -2.25. The molecular weight excluding hydrogens is 262 g/mol. The molecule has 2 N–H and O–H groups in total. The average Bonchev–Trinajstić information content (AvgIpc) is 2.48. The fraction of sp³-hybridized carbons (Fsp3) is 0.176. The van der Waals surface area contributed by atoms with Gasteiger partial charge in [0.05, 0.1) is 12.8 Å². The van der Waals surface area contributed by atoms with Crippen LogP contribution < -0.4 is 10.7 Å². The Balaban J connectivity index is 1.82. The highest BCUT2D eigenvalue weighted by Gasteiger charge is 1.99. The zero-order valence-corrected chi connectivity index (χ0v) is 12.3. The summed E-state index contributed by atoms with van der Waals surface area (Å²) < 4.78 is 0. The molecule has 0 radical (unpaired) electrons. The van der Waals surface area contributed by atoms with Crippen LogP contribution in [0.5, 0.6) is 0 Å². The van der Waals surface area contributed by atoms with Crippen molar-refractivity contribution in [1.82, 2.24) is 5.43 Å². The number of anilines is 1. The van der Waals surface area contributed by atoms with Crippen LogP contribution in [0.1, 0.15) is 16.7 Å². The Bertz CT molecular complexity index is 636. The zero-order valence-electron chi connectivity index (χ0n) is 12.3. The summed E-state index contributed by atoms with van der Waals surface area (Å²) >= 11 is 0. The molecule has 0 unspecified atom stereocenters. The normalized spacial score (nSPS) is 10.6. The Morgan fingerprint density at radius 1 is 1.14 bits per heavy atom. The summed E-state index contributed by atoms with van der Waals surface area (Å²) in [7, 11) is 0. The molecule has 21 heavy (non-hydrogen) atoms. The number of para-hydroxylation sites is 1. The van der Waals surface area contributed by atoms with Crippen LogP contribution in [-0.4, -0.2) is 18.7 Å². The highest BCUT2D eigenvalue weighted by atomic mass is 16.2. The van der Waals surface area contributed by atoms with E-state index < -0.39 is 0 Å². The second-order valence-corrected chi connectivity index (χ2v) is 4.87. The molecule has 2 aromatic carbocycles. The number of hydrogen-bond donors (Lipinski definition) is 2. The molecule has 4 nitrogen and oxygen atoms in total. The molecule has 0 spiro atoms. The van der Waals surface area contributed by atoms with Gasteiger partial charge >= 0.3 is 0 Å². The quantitative estimate of drug-likeness (QED) is 0.654. The molecule has 108 valence electrons. The second-order valence-electron chi connectivity index (χ2n) is 4.87. The maximum Gasteiger partial charge on any atom is 0.259 e. The minimum atomic E-state index is -0.181. The van der Waals surface area contributed by atoms with E-state index in [9.17, 15) is 4.79 Å². The number of nitrogens with zero attached hydrogens (tertiary/aromatic N) is 1. The van der Waals surface area contributed by atoms with Crippen LogP contribution >= 0.6 is 0 Å². The fourth-order valence-electron chi connectivity index (χ4n) is 1.92. The van der Waals surface area contributed by atoms with Gasteiger partial charge in [0.15, 0.2) is 0 Å². The molecule has 0 aromatic heterocycles. The van der Waals surface area contributed by atoms with Crippen molar-refractivity contribution in [3.05, 3.63) is 65.2 Å². The predicted molar refractivity (Wildman–Crippen MR) is 86.6 cm³/mol. The monoisotopic (exact) mass is 281 g/mol. The van der Waals surface area contributed by atoms with E-state index in [1.54, 1.807) is 6.21 Å². The van der Waals surface area contributed by atoms with E-state index in [-0.39, 0.29) is 12.5 Å². The van der Waals surface area contributed by atoms with E-state index in [0.717, 1.165) is 16.8 Å². The van der Waals surface area contributed by atoms with E-state index in [2.05, 4.69) is 21.9 Å². The Morgan fingerprint density at radius 2 is 1.90 bits per heavy atom. The third kappa shape index (κ3) is 4.76. The van der Waals surface area contributed by atoms with Gasteiger partial charge in [0.25, 0.3) is 5.91 Å². The van der Waals surface area contributed by atoms with E-state index in [4.69, 9.17) is 0 Å². The van der Waals surface area contributed by atoms with Crippen molar-refractivity contribution < 1.29 is 4.79 Å². The van der Waals surface area contributed by atoms with Gasteiger partial charge in [-0.2, -0.15) is 5.10 Å². The Morgan fingerprint density at radius 3 is 2.62 bits per heavy atom. The first-order chi connectivity index (χ1) is 10.1. The number of carbonyl (C=O) groups is 1. The summed E-state index contributed by atoms with van der Waals surface area (Å²) in [5.74, 6) is -0.181. The van der Waals surface area contributed by atoms with Crippen molar-refractivity contribution in [1.29, 1.82) is 0 Å². The molecule has 0 saturated heterocycles. The first-order valence-corrected chi connectivity index (χ1v) is 6.83. The van der Waals surface area contributed by atoms with Gasteiger partial charge in [0.2, 0.25) is 0 Å². The molecule has 0 atom stereocenters. The van der Waals surface area contributed by atoms with Crippen molar-refractivity contribution >= 4 is 17.8 Å². The number of nitrogens with one attached hydrogen (secondary N) is 2. The number of carbonyl (C=O) groups excluding carboxylic acids is 1. The molecule has 2 rings (SSSR count). The van der Waals surface area contributed by atoms with Crippen molar-refractivity contribution in [2.45, 2.75) is 13.8 Å². The number of aryl methyl sites for hydroxylation is 2. The van der Waals surface area contributed by atoms with Crippen LogP contribution in [0.15, 0.2) is 53.6 Å². The third-order valence-corrected chi connectivity index (χ3v) is 3.05. The Kier molecular flexibility index (Phi) is 5.10. The van der Waals surface area contributed by atoms with E-state index in [1.807, 2.05) is 56.3 Å². The molecule has 0 fully saturated rings. The topological polar surface area (TPSA) is 53.5 Å². The molecule has 0 aliphatic heterocycles. The van der Waals surface area contributed by atoms with Gasteiger partial charge in [0.1, 0.15) is 0 Å². The molecule has 0 aliphatic rings. The smallest absolute Gasteiger partial charge is 0.259 e. The maximum atomic E-state index is 11.7. The first-order valence-electron chi connectivity index (χ1n) is 6.83. The third-order valence-electron chi connectivity index (χ3n) is 3.05. The van der Waals surface area contributed by atoms with Gasteiger partial charge in [-0.3, -0.25) is 4.79 Å². The summed E-state index contributed by atoms with van der Waals surface area (Å²) in [6, 6.07) is 15.7. The van der Waals surface area contributed by atoms with Crippen molar-refractivity contribution in [2.75, 3.05) is 11.9 Å². The largest absolute Gasteiger partial charge is 0.376 e. The number of benzene rings is 2. The van der Waals surface area contributed by atoms with Crippen LogP contribution in [-0.2, 0) is 4.79 Å². The van der Waals surface area contributed by atoms with Crippen LogP contribution in [0, 0.1) is 13.8 Å². The molecular formula is C17H19N3O. The lowest BCUT2D eigenvalue weighted by Gasteiger charge is -2.05. The highest BCUT2D eigenvalue weighted by Crippen LogP contribution is 2.07. The number of hydrogen-bond acceptors (Lipinski definition) is 3. The Labute approximate surface area is 124 Å². The van der Waals surface area contributed by atoms with Crippen molar-refractivity contribution in [3.63, 3.8) is 0 Å². The van der Waals surface area contributed by atoms with Crippen molar-refractivity contribution in [3.8, 4) is 0 Å². The first kappa shape index (κ1) is 14.8. The minimum Gasteiger partial charge on any atom is -0.376 e. The van der Waals surface area contributed by atoms with Gasteiger partial charge in [-0.25, -0.2) is 5.43 Å². The van der Waals surface area contributed by atoms with Crippen LogP contribution in [0.4, 0.5) is 5.69 Å². The standard InChI is InChI=1S/C17H19N3O/c1-13-8-9-15(14(2)10-13)11-19-20-17(21)12-18-16-6-4-3-5-7-16/h3-11,18H,12H2,1-2H3,(H,20,21)/b19-11+. The molecule has 1 amide bonds. The molecule has 2 aromatic rings. The minimum absolute atomic E-state index is 0.181. The molecule has 0 heterocycles. The van der Waals surface area contributed by atoms with Crippen LogP contribution in [0.25, 0.3) is 0 Å². The molecule has 4 heteroatoms. The summed E-state index contributed by atoms with van der Waals surface area (Å²) in [6.07, 6.45) is 1.66. The van der Waals surface area contributed by atoms with Crippen LogP contribution in [0.2, 0.25) is 0 Å². The molecule has 0 aliphatic carbocycles. The Hall–Kier alpha value is -2.62. The number of amides is 1. The zero-order chi connectivity index (χ0) is 15.1. The second kappa shape index (κ2) is 7.24. The van der Waals surface area contributed by atoms with Crippen LogP contribution in [0.3, 0.4) is 0 Å². The van der Waals surface area contributed by atoms with E-state index in [0.29, 0.717) is 0 Å². The summed E-state index contributed by atoms with van der Waals surface area (Å²) in [4.78, 5) is 11.7. The van der Waals surface area contributed by atoms with Gasteiger partial charge in [-0.1, -0.05) is 42.0 Å². The molecule has 0 saturated carbocycles. The SMILES string of the molecule is Cc1ccc(/C=N/NC(=O)CNc2ccccc2)c(C)c1. The highest BCUT2D eigenvalue weighted by molar-refractivity contribution is 5.85. The van der Waals surface area contributed by atoms with E-state index >= 15 is 0 Å². The lowest BCUT2D eigenvalue weighted by molar-refractivity contribution is -0.119. The predicted octanol–water partition coefficient (Wildman–Crippen LogP) is 2.87. The van der Waals surface area contributed by atoms with Gasteiger partial charge in [-0.15, -0.1) is 0 Å². The lowest BCUT2D eigenvalue weighted by atomic mass is 10.1. The molecule has 0 bridgehead atoms. The summed E-state index contributed by atoms with van der Waals surface area (Å²) in [6.45, 7) is 4.26. The summed E-state index contributed by atoms with van der Waals surface area (Å²) in [5.41, 5.74) is 6.76. The fourth-order valence-corrected chi connectivity index (χ4v) is 1.92. The maximum absolute atomic E-state index is 11.7. The average molecular weight is 281 g/mol. The van der Waals surface area contributed by atoms with Gasteiger partial charge < -0.3 is 5.32 Å². The van der Waals surface area contributed by atoms with Gasteiger partial charge in [-0.05, 0) is 37.1 Å². The number of rotatable bonds is 5. The summed E-state index contributed by atoms with van der Waals surface area (Å²) in [5, 5.41) is 7.01. The van der Waals surface area contributed by atoms with Gasteiger partial charge in [0, 0.05) is 5.69 Å². The van der Waals surface area contributed by atoms with Crippen molar-refractivity contribution in [2.24, 2.45) is 5.10 Å².